The van der Waals surface area contributed by atoms with Crippen molar-refractivity contribution in [3.63, 3.8) is 0 Å². The molecule has 5 aromatic carbocycles. The smallest absolute Gasteiger partial charge is 0.255 e. The monoisotopic (exact) mass is 639 g/mol. The van der Waals surface area contributed by atoms with Gasteiger partial charge in [0.05, 0.1) is 25.3 Å². The molecule has 7 aromatic rings. The first-order valence-electron chi connectivity index (χ1n) is 13.1. The summed E-state index contributed by atoms with van der Waals surface area (Å²) in [6, 6.07) is 27.7. The zero-order valence-electron chi connectivity index (χ0n) is 23.5. The first kappa shape index (κ1) is 29.4. The Hall–Kier alpha value is -4.72. The van der Waals surface area contributed by atoms with Crippen molar-refractivity contribution in [2.24, 2.45) is 0 Å². The van der Waals surface area contributed by atoms with Crippen LogP contribution in [-0.2, 0) is 10.1 Å². The van der Waals surface area contributed by atoms with Gasteiger partial charge < -0.3 is 21.8 Å². The molecule has 0 saturated carbocycles. The van der Waals surface area contributed by atoms with E-state index in [1.165, 1.54) is 22.7 Å². The van der Waals surface area contributed by atoms with E-state index in [9.17, 15) is 17.8 Å². The molecule has 0 bridgehead atoms. The average Bonchev–Trinajstić information content (AvgIpc) is 3.60. The first-order valence-corrected chi connectivity index (χ1v) is 16.1. The Morgan fingerprint density at radius 1 is 0.795 bits per heavy atom. The molecule has 0 fully saturated rings. The summed E-state index contributed by atoms with van der Waals surface area (Å²) in [6.07, 6.45) is 0. The second-order valence-corrected chi connectivity index (χ2v) is 13.4. The van der Waals surface area contributed by atoms with Gasteiger partial charge in [-0.2, -0.15) is 0 Å². The molecule has 220 valence electrons. The number of benzene rings is 5. The van der Waals surface area contributed by atoms with E-state index in [4.69, 9.17) is 10.7 Å². The predicted octanol–water partition coefficient (Wildman–Crippen LogP) is 7.82. The topological polar surface area (TPSA) is 175 Å². The Labute approximate surface area is 260 Å². The SMILES string of the molecule is Cc1ccc2nc(-c3ccc4nc(-c5ccc(NC(=O)c6ccc7cc(N)ccc7c6)cc5)sc4c3)sc2c1S(=O)(=O)[O-].[NH4+]. The summed E-state index contributed by atoms with van der Waals surface area (Å²) in [6.45, 7) is 1.61. The maximum Gasteiger partial charge on any atom is 0.255 e. The average molecular weight is 640 g/mol. The number of anilines is 2. The van der Waals surface area contributed by atoms with Gasteiger partial charge in [0.15, 0.2) is 0 Å². The van der Waals surface area contributed by atoms with E-state index in [-0.39, 0.29) is 17.0 Å². The number of thiazole rings is 2. The number of carbonyl (C=O) groups excluding carboxylic acids is 1. The summed E-state index contributed by atoms with van der Waals surface area (Å²) in [5.41, 5.74) is 11.2. The molecule has 0 aliphatic rings. The third kappa shape index (κ3) is 5.41. The molecule has 0 aliphatic heterocycles. The number of nitrogens with zero attached hydrogens (tertiary/aromatic N) is 2. The molecule has 0 atom stereocenters. The van der Waals surface area contributed by atoms with Crippen LogP contribution in [0.3, 0.4) is 0 Å². The summed E-state index contributed by atoms with van der Waals surface area (Å²) in [7, 11) is -4.64. The Kier molecular flexibility index (Phi) is 7.40. The molecule has 9 nitrogen and oxygen atoms in total. The lowest BCUT2D eigenvalue weighted by Crippen LogP contribution is -2.11. The molecule has 0 unspecified atom stereocenters. The van der Waals surface area contributed by atoms with E-state index in [0.29, 0.717) is 37.7 Å². The van der Waals surface area contributed by atoms with Gasteiger partial charge in [0.1, 0.15) is 20.1 Å². The van der Waals surface area contributed by atoms with E-state index in [0.717, 1.165) is 37.1 Å². The number of aromatic nitrogens is 2. The van der Waals surface area contributed by atoms with Crippen LogP contribution in [0.4, 0.5) is 11.4 Å². The number of hydrogen-bond acceptors (Lipinski definition) is 9. The number of fused-ring (bicyclic) bond motifs is 3. The Morgan fingerprint density at radius 2 is 1.45 bits per heavy atom. The van der Waals surface area contributed by atoms with Crippen LogP contribution in [0.15, 0.2) is 95.9 Å². The van der Waals surface area contributed by atoms with Crippen LogP contribution in [0.2, 0.25) is 0 Å². The third-order valence-electron chi connectivity index (χ3n) is 7.11. The summed E-state index contributed by atoms with van der Waals surface area (Å²) < 4.78 is 37.0. The number of quaternary nitrogens is 1. The quantitative estimate of drug-likeness (QED) is 0.127. The molecule has 0 spiro atoms. The Bertz CT molecular complexity index is 2350. The first-order chi connectivity index (χ1) is 20.6. The number of nitrogen functional groups attached to an aromatic ring is 1. The molecule has 1 amide bonds. The molecular weight excluding hydrogens is 615 g/mol. The van der Waals surface area contributed by atoms with Gasteiger partial charge in [-0.25, -0.2) is 18.4 Å². The van der Waals surface area contributed by atoms with Gasteiger partial charge in [-0.1, -0.05) is 18.2 Å². The molecule has 0 radical (unpaired) electrons. The van der Waals surface area contributed by atoms with Crippen LogP contribution in [-0.4, -0.2) is 28.8 Å². The van der Waals surface area contributed by atoms with Crippen LogP contribution in [0.1, 0.15) is 15.9 Å². The largest absolute Gasteiger partial charge is 0.744 e. The van der Waals surface area contributed by atoms with Crippen molar-refractivity contribution < 1.29 is 17.8 Å². The van der Waals surface area contributed by atoms with Gasteiger partial charge in [-0.3, -0.25) is 4.79 Å². The van der Waals surface area contributed by atoms with Crippen molar-refractivity contribution in [2.75, 3.05) is 11.1 Å². The van der Waals surface area contributed by atoms with E-state index < -0.39 is 10.1 Å². The molecule has 0 aliphatic carbocycles. The molecule has 7 N–H and O–H groups in total. The van der Waals surface area contributed by atoms with Crippen molar-refractivity contribution in [1.82, 2.24) is 16.1 Å². The summed E-state index contributed by atoms with van der Waals surface area (Å²) in [5.74, 6) is -0.205. The summed E-state index contributed by atoms with van der Waals surface area (Å²) in [4.78, 5) is 22.1. The lowest BCUT2D eigenvalue weighted by atomic mass is 10.1. The number of nitrogens with two attached hydrogens (primary N) is 1. The lowest BCUT2D eigenvalue weighted by molar-refractivity contribution is 0.102. The van der Waals surface area contributed by atoms with Crippen molar-refractivity contribution in [1.29, 1.82) is 0 Å². The standard InChI is InChI=1S/C32H22N4O4S3.H3N/c1-17-2-12-26-28(29(17)43(38,39)40)42-32(36-26)22-8-13-25-27(16-22)41-31(35-25)18-6-10-24(11-7-18)34-30(37)21-4-3-20-15-23(33)9-5-19(20)14-21;/h2-16H,33H2,1H3,(H,34,37)(H,38,39,40);1H3. The van der Waals surface area contributed by atoms with Gasteiger partial charge in [0.25, 0.3) is 5.91 Å². The third-order valence-corrected chi connectivity index (χ3v) is 10.5. The van der Waals surface area contributed by atoms with Crippen molar-refractivity contribution >= 4 is 81.3 Å². The molecule has 0 saturated heterocycles. The van der Waals surface area contributed by atoms with Crippen LogP contribution < -0.4 is 17.2 Å². The van der Waals surface area contributed by atoms with Crippen LogP contribution in [0, 0.1) is 6.92 Å². The van der Waals surface area contributed by atoms with E-state index in [1.807, 2.05) is 72.8 Å². The van der Waals surface area contributed by atoms with Gasteiger partial charge in [0.2, 0.25) is 0 Å². The van der Waals surface area contributed by atoms with E-state index in [1.54, 1.807) is 25.1 Å². The normalized spacial score (nSPS) is 11.6. The zero-order chi connectivity index (χ0) is 29.9. The fourth-order valence-corrected chi connectivity index (χ4v) is 8.28. The predicted molar refractivity (Wildman–Crippen MR) is 179 cm³/mol. The van der Waals surface area contributed by atoms with Crippen LogP contribution in [0.5, 0.6) is 0 Å². The minimum Gasteiger partial charge on any atom is -0.744 e. The number of carbonyl (C=O) groups is 1. The van der Waals surface area contributed by atoms with Crippen molar-refractivity contribution in [2.45, 2.75) is 11.8 Å². The van der Waals surface area contributed by atoms with E-state index in [2.05, 4.69) is 10.3 Å². The number of nitrogens with one attached hydrogen (secondary N) is 1. The zero-order valence-corrected chi connectivity index (χ0v) is 25.9. The maximum absolute atomic E-state index is 12.9. The molecule has 7 rings (SSSR count). The van der Waals surface area contributed by atoms with Gasteiger partial charge in [-0.15, -0.1) is 22.7 Å². The van der Waals surface area contributed by atoms with Crippen LogP contribution >= 0.6 is 22.7 Å². The highest BCUT2D eigenvalue weighted by atomic mass is 32.2. The maximum atomic E-state index is 12.9. The second-order valence-electron chi connectivity index (χ2n) is 10.1. The second kappa shape index (κ2) is 11.1. The summed E-state index contributed by atoms with van der Waals surface area (Å²) >= 11 is 2.71. The summed E-state index contributed by atoms with van der Waals surface area (Å²) in [5, 5.41) is 6.30. The highest BCUT2D eigenvalue weighted by Gasteiger charge is 2.17. The number of hydrogen-bond donors (Lipinski definition) is 3. The fraction of sp³-hybridized carbons (Fsp3) is 0.0312. The van der Waals surface area contributed by atoms with Gasteiger partial charge in [-0.05, 0) is 96.1 Å². The van der Waals surface area contributed by atoms with E-state index >= 15 is 0 Å². The van der Waals surface area contributed by atoms with Crippen molar-refractivity contribution in [3.05, 3.63) is 102 Å². The highest BCUT2D eigenvalue weighted by molar-refractivity contribution is 7.86. The number of amides is 1. The number of aryl methyl sites for hydroxylation is 1. The lowest BCUT2D eigenvalue weighted by Gasteiger charge is -2.10. The molecule has 2 heterocycles. The molecule has 44 heavy (non-hydrogen) atoms. The molecular formula is C32H25N5O4S3. The minimum absolute atomic E-state index is 0. The molecule has 2 aromatic heterocycles. The Morgan fingerprint density at radius 3 is 2.23 bits per heavy atom. The highest BCUT2D eigenvalue weighted by Crippen LogP contribution is 2.38. The fourth-order valence-electron chi connectivity index (χ4n) is 4.99. The Balaban J connectivity index is 0.00000343. The number of rotatable bonds is 5. The van der Waals surface area contributed by atoms with Gasteiger partial charge >= 0.3 is 0 Å². The molecule has 12 heteroatoms. The minimum atomic E-state index is -4.64. The van der Waals surface area contributed by atoms with Gasteiger partial charge in [0, 0.05) is 28.1 Å². The van der Waals surface area contributed by atoms with Crippen LogP contribution in [0.25, 0.3) is 52.3 Å². The van der Waals surface area contributed by atoms with Crippen molar-refractivity contribution in [3.8, 4) is 21.1 Å².